The number of methoxy groups -OCH3 is 1. The molecule has 0 bridgehead atoms. The Morgan fingerprint density at radius 1 is 1.19 bits per heavy atom. The van der Waals surface area contributed by atoms with Gasteiger partial charge in [0, 0.05) is 43.4 Å². The van der Waals surface area contributed by atoms with Crippen molar-refractivity contribution in [3.05, 3.63) is 65.0 Å². The normalized spacial score (nSPS) is 14.2. The van der Waals surface area contributed by atoms with Crippen LogP contribution in [0.3, 0.4) is 0 Å². The minimum atomic E-state index is 0.00205. The van der Waals surface area contributed by atoms with Crippen LogP contribution in [0.2, 0.25) is 5.02 Å². The third-order valence-corrected chi connectivity index (χ3v) is 6.30. The van der Waals surface area contributed by atoms with Gasteiger partial charge in [-0.3, -0.25) is 9.59 Å². The Bertz CT molecular complexity index is 926. The SMILES string of the molecule is C=C1CN(C(=O)/C=C/CN(C)CC)CCN1/C(=C\CCC)C(C)=O.CCCc1cc(OC)ccc1Cl. The lowest BCUT2D eigenvalue weighted by molar-refractivity contribution is -0.126. The quantitative estimate of drug-likeness (QED) is 0.351. The third kappa shape index (κ3) is 10.6. The number of hydrogen-bond acceptors (Lipinski definition) is 5. The van der Waals surface area contributed by atoms with Crippen LogP contribution in [0.4, 0.5) is 0 Å². The molecule has 1 fully saturated rings. The molecule has 6 nitrogen and oxygen atoms in total. The van der Waals surface area contributed by atoms with Gasteiger partial charge in [0.15, 0.2) is 5.78 Å². The summed E-state index contributed by atoms with van der Waals surface area (Å²) >= 11 is 5.98. The van der Waals surface area contributed by atoms with Crippen molar-refractivity contribution in [2.45, 2.75) is 53.4 Å². The van der Waals surface area contributed by atoms with Crippen molar-refractivity contribution < 1.29 is 14.3 Å². The van der Waals surface area contributed by atoms with E-state index in [1.54, 1.807) is 25.0 Å². The topological polar surface area (TPSA) is 53.1 Å². The van der Waals surface area contributed by atoms with Gasteiger partial charge in [-0.2, -0.15) is 0 Å². The number of benzene rings is 1. The van der Waals surface area contributed by atoms with Crippen molar-refractivity contribution in [1.29, 1.82) is 0 Å². The molecule has 1 aromatic carbocycles. The molecule has 0 unspecified atom stereocenters. The largest absolute Gasteiger partial charge is 0.497 e. The van der Waals surface area contributed by atoms with Crippen molar-refractivity contribution in [3.8, 4) is 5.75 Å². The van der Waals surface area contributed by atoms with Gasteiger partial charge in [0.1, 0.15) is 5.75 Å². The number of hydrogen-bond donors (Lipinski definition) is 0. The van der Waals surface area contributed by atoms with E-state index in [9.17, 15) is 9.59 Å². The molecule has 1 heterocycles. The number of unbranched alkanes of at least 4 members (excludes halogenated alkanes) is 1. The zero-order valence-electron chi connectivity index (χ0n) is 23.0. The van der Waals surface area contributed by atoms with Gasteiger partial charge in [-0.1, -0.05) is 63.9 Å². The highest BCUT2D eigenvalue weighted by Gasteiger charge is 2.25. The number of carbonyl (C=O) groups excluding carboxylic acids is 2. The summed E-state index contributed by atoms with van der Waals surface area (Å²) in [4.78, 5) is 30.0. The molecule has 1 saturated heterocycles. The molecule has 0 saturated carbocycles. The monoisotopic (exact) mass is 517 g/mol. The van der Waals surface area contributed by atoms with Gasteiger partial charge in [0.2, 0.25) is 5.91 Å². The lowest BCUT2D eigenvalue weighted by Crippen LogP contribution is -2.46. The average Bonchev–Trinajstić information content (AvgIpc) is 2.86. The second kappa shape index (κ2) is 17.0. The van der Waals surface area contributed by atoms with Crippen LogP contribution >= 0.6 is 11.6 Å². The van der Waals surface area contributed by atoms with Crippen LogP contribution in [0, 0.1) is 0 Å². The first kappa shape index (κ1) is 31.5. The van der Waals surface area contributed by atoms with Crippen LogP contribution < -0.4 is 4.74 Å². The number of amides is 1. The van der Waals surface area contributed by atoms with Crippen LogP contribution in [0.15, 0.2) is 54.4 Å². The number of allylic oxidation sites excluding steroid dienone is 2. The standard InChI is InChI=1S/C19H31N3O2.C10H13ClO/c1-6-8-10-18(17(4)23)22-14-13-21(15-16(22)3)19(24)11-9-12-20(5)7-2;1-3-4-8-7-9(12-2)5-6-10(8)11/h9-11H,3,6-8,12-15H2,1-2,4-5H3;5-7H,3-4H2,1-2H3/b11-9+,18-10-;. The predicted octanol–water partition coefficient (Wildman–Crippen LogP) is 5.73. The molecule has 0 aliphatic carbocycles. The number of rotatable bonds is 11. The maximum absolute atomic E-state index is 12.3. The molecule has 1 amide bonds. The summed E-state index contributed by atoms with van der Waals surface area (Å²) in [5.41, 5.74) is 2.67. The van der Waals surface area contributed by atoms with E-state index in [-0.39, 0.29) is 11.7 Å². The van der Waals surface area contributed by atoms with Crippen LogP contribution in [0.25, 0.3) is 0 Å². The zero-order chi connectivity index (χ0) is 27.1. The Hall–Kier alpha value is -2.57. The molecular weight excluding hydrogens is 474 g/mol. The number of halogens is 1. The molecular formula is C29H44ClN3O3. The molecule has 0 atom stereocenters. The minimum Gasteiger partial charge on any atom is -0.497 e. The van der Waals surface area contributed by atoms with Gasteiger partial charge < -0.3 is 19.4 Å². The molecule has 7 heteroatoms. The Kier molecular flexibility index (Phi) is 14.8. The first-order chi connectivity index (χ1) is 17.2. The molecule has 1 aliphatic rings. The molecule has 0 radical (unpaired) electrons. The van der Waals surface area contributed by atoms with Crippen molar-refractivity contribution in [3.63, 3.8) is 0 Å². The van der Waals surface area contributed by atoms with Gasteiger partial charge in [-0.25, -0.2) is 0 Å². The van der Waals surface area contributed by atoms with Gasteiger partial charge in [-0.15, -0.1) is 0 Å². The van der Waals surface area contributed by atoms with E-state index < -0.39 is 0 Å². The number of ketones is 1. The van der Waals surface area contributed by atoms with Gasteiger partial charge in [0.25, 0.3) is 0 Å². The first-order valence-electron chi connectivity index (χ1n) is 12.8. The van der Waals surface area contributed by atoms with E-state index in [4.69, 9.17) is 16.3 Å². The highest BCUT2D eigenvalue weighted by atomic mass is 35.5. The number of carbonyl (C=O) groups is 2. The van der Waals surface area contributed by atoms with Crippen molar-refractivity contribution in [2.75, 3.05) is 46.9 Å². The fourth-order valence-corrected chi connectivity index (χ4v) is 3.89. The highest BCUT2D eigenvalue weighted by Crippen LogP contribution is 2.23. The van der Waals surface area contributed by atoms with E-state index in [1.165, 1.54) is 5.56 Å². The molecule has 36 heavy (non-hydrogen) atoms. The summed E-state index contributed by atoms with van der Waals surface area (Å²) in [6, 6.07) is 5.75. The van der Waals surface area contributed by atoms with E-state index >= 15 is 0 Å². The number of nitrogens with zero attached hydrogens (tertiary/aromatic N) is 3. The van der Waals surface area contributed by atoms with Crippen molar-refractivity contribution >= 4 is 23.3 Å². The van der Waals surface area contributed by atoms with Crippen molar-refractivity contribution in [2.24, 2.45) is 0 Å². The van der Waals surface area contributed by atoms with Gasteiger partial charge >= 0.3 is 0 Å². The summed E-state index contributed by atoms with van der Waals surface area (Å²) < 4.78 is 5.10. The summed E-state index contributed by atoms with van der Waals surface area (Å²) in [6.45, 7) is 15.3. The lowest BCUT2D eigenvalue weighted by Gasteiger charge is -2.38. The van der Waals surface area contributed by atoms with E-state index in [0.717, 1.165) is 55.2 Å². The van der Waals surface area contributed by atoms with E-state index in [0.29, 0.717) is 25.3 Å². The Morgan fingerprint density at radius 3 is 2.47 bits per heavy atom. The third-order valence-electron chi connectivity index (χ3n) is 5.93. The van der Waals surface area contributed by atoms with Crippen LogP contribution in [-0.2, 0) is 16.0 Å². The molecule has 1 aromatic rings. The van der Waals surface area contributed by atoms with Crippen LogP contribution in [-0.4, -0.2) is 73.3 Å². The first-order valence-corrected chi connectivity index (χ1v) is 13.2. The molecule has 0 aromatic heterocycles. The summed E-state index contributed by atoms with van der Waals surface area (Å²) in [7, 11) is 3.68. The number of likely N-dealkylation sites (N-methyl/N-ethyl adjacent to an activating group) is 1. The summed E-state index contributed by atoms with van der Waals surface area (Å²) in [6.07, 6.45) is 9.49. The van der Waals surface area contributed by atoms with Crippen molar-refractivity contribution in [1.82, 2.24) is 14.7 Å². The molecule has 0 spiro atoms. The second-order valence-electron chi connectivity index (χ2n) is 8.88. The number of aryl methyl sites for hydroxylation is 1. The molecule has 1 aliphatic heterocycles. The predicted molar refractivity (Wildman–Crippen MR) is 150 cm³/mol. The number of ether oxygens (including phenoxy) is 1. The molecule has 200 valence electrons. The Morgan fingerprint density at radius 2 is 1.92 bits per heavy atom. The summed E-state index contributed by atoms with van der Waals surface area (Å²) in [5, 5.41) is 0.831. The highest BCUT2D eigenvalue weighted by molar-refractivity contribution is 6.31. The lowest BCUT2D eigenvalue weighted by atomic mass is 10.1. The number of piperazine rings is 1. The van der Waals surface area contributed by atoms with Gasteiger partial charge in [-0.05, 0) is 50.2 Å². The summed E-state index contributed by atoms with van der Waals surface area (Å²) in [5.74, 6) is 0.928. The zero-order valence-corrected chi connectivity index (χ0v) is 23.7. The maximum Gasteiger partial charge on any atom is 0.246 e. The second-order valence-corrected chi connectivity index (χ2v) is 9.28. The molecule has 0 N–H and O–H groups in total. The average molecular weight is 518 g/mol. The maximum atomic E-state index is 12.3. The fourth-order valence-electron chi connectivity index (χ4n) is 3.67. The molecule has 2 rings (SSSR count). The Labute approximate surface area is 223 Å². The van der Waals surface area contributed by atoms with E-state index in [2.05, 4.69) is 32.3 Å². The Balaban J connectivity index is 0.000000450. The van der Waals surface area contributed by atoms with Crippen LogP contribution in [0.5, 0.6) is 5.75 Å². The van der Waals surface area contributed by atoms with Gasteiger partial charge in [0.05, 0.1) is 19.4 Å². The fraction of sp³-hybridized carbons (Fsp3) is 0.517. The number of Topliss-reactive ketones (excluding diaryl/α,β-unsaturated/α-hetero) is 1. The van der Waals surface area contributed by atoms with Crippen LogP contribution in [0.1, 0.15) is 52.5 Å². The minimum absolute atomic E-state index is 0.00205. The van der Waals surface area contributed by atoms with E-state index in [1.807, 2.05) is 42.3 Å². The smallest absolute Gasteiger partial charge is 0.246 e.